The van der Waals surface area contributed by atoms with Gasteiger partial charge in [0.25, 0.3) is 0 Å². The molecule has 0 radical (unpaired) electrons. The summed E-state index contributed by atoms with van der Waals surface area (Å²) >= 11 is 0. The molecule has 0 amide bonds. The number of unbranched alkanes of at least 4 members (excludes halogenated alkanes) is 9. The van der Waals surface area contributed by atoms with Crippen LogP contribution in [0.15, 0.2) is 65.7 Å². The van der Waals surface area contributed by atoms with E-state index in [9.17, 15) is 48.6 Å². The number of carbonyl (C=O) groups is 2. The number of nitrogens with two attached hydrogens (primary N) is 1. The van der Waals surface area contributed by atoms with Gasteiger partial charge in [0.2, 0.25) is 0 Å². The lowest BCUT2D eigenvalue weighted by Gasteiger charge is -2.21. The number of nitrogens with zero attached hydrogens (tertiary/aromatic N) is 2. The molecular formula is C47H79N3O16P2. The maximum Gasteiger partial charge on any atom is 0.481 e. The average Bonchev–Trinajstić information content (AvgIpc) is 3.56. The number of aromatic nitrogens is 2. The van der Waals surface area contributed by atoms with Crippen LogP contribution in [0.1, 0.15) is 155 Å². The van der Waals surface area contributed by atoms with Gasteiger partial charge in [0, 0.05) is 19.0 Å². The second kappa shape index (κ2) is 34.9. The molecule has 388 valence electrons. The summed E-state index contributed by atoms with van der Waals surface area (Å²) in [5.74, 6) is -0.657. The first-order chi connectivity index (χ1) is 32.4. The number of hydrogen-bond acceptors (Lipinski definition) is 16. The molecule has 0 aliphatic carbocycles. The number of allylic oxidation sites excluding steroid dienone is 8. The van der Waals surface area contributed by atoms with Crippen molar-refractivity contribution in [2.24, 2.45) is 5.92 Å². The van der Waals surface area contributed by atoms with Gasteiger partial charge >= 0.3 is 33.3 Å². The van der Waals surface area contributed by atoms with E-state index in [4.69, 9.17) is 29.0 Å². The van der Waals surface area contributed by atoms with Crippen LogP contribution in [0.3, 0.4) is 0 Å². The van der Waals surface area contributed by atoms with Crippen molar-refractivity contribution in [3.8, 4) is 0 Å². The number of phosphoric ester groups is 2. The van der Waals surface area contributed by atoms with Crippen molar-refractivity contribution < 1.29 is 71.4 Å². The molecule has 1 saturated heterocycles. The number of esters is 2. The number of carbonyl (C=O) groups excluding carboxylic acids is 2. The van der Waals surface area contributed by atoms with Crippen molar-refractivity contribution in [1.82, 2.24) is 9.55 Å². The van der Waals surface area contributed by atoms with Crippen molar-refractivity contribution in [3.05, 3.63) is 71.4 Å². The molecule has 2 rings (SSSR count). The van der Waals surface area contributed by atoms with Gasteiger partial charge in [0.05, 0.1) is 19.3 Å². The zero-order chi connectivity index (χ0) is 50.2. The third kappa shape index (κ3) is 28.4. The summed E-state index contributed by atoms with van der Waals surface area (Å²) in [4.78, 5) is 61.7. The number of rotatable bonds is 38. The normalized spacial score (nSPS) is 20.4. The molecule has 0 saturated carbocycles. The van der Waals surface area contributed by atoms with Gasteiger partial charge in [-0.1, -0.05) is 127 Å². The molecule has 2 unspecified atom stereocenters. The van der Waals surface area contributed by atoms with Crippen LogP contribution in [0.2, 0.25) is 0 Å². The number of hydrogen-bond donors (Lipinski definition) is 6. The minimum atomic E-state index is -5.44. The molecule has 21 heteroatoms. The van der Waals surface area contributed by atoms with Crippen LogP contribution < -0.4 is 11.4 Å². The first-order valence-electron chi connectivity index (χ1n) is 24.1. The largest absolute Gasteiger partial charge is 0.481 e. The lowest BCUT2D eigenvalue weighted by molar-refractivity contribution is -0.161. The Morgan fingerprint density at radius 3 is 1.94 bits per heavy atom. The molecular weight excluding hydrogens is 924 g/mol. The molecule has 1 aromatic heterocycles. The molecule has 7 N–H and O–H groups in total. The van der Waals surface area contributed by atoms with Crippen molar-refractivity contribution >= 4 is 33.4 Å². The van der Waals surface area contributed by atoms with Crippen molar-refractivity contribution in [2.75, 3.05) is 25.6 Å². The van der Waals surface area contributed by atoms with Gasteiger partial charge in [0.1, 0.15) is 30.7 Å². The third-order valence-electron chi connectivity index (χ3n) is 10.8. The fraction of sp³-hybridized carbons (Fsp3) is 0.702. The van der Waals surface area contributed by atoms with Crippen LogP contribution in [0.4, 0.5) is 5.82 Å². The third-order valence-corrected chi connectivity index (χ3v) is 13.4. The maximum absolute atomic E-state index is 12.8. The van der Waals surface area contributed by atoms with Gasteiger partial charge in [-0.15, -0.1) is 0 Å². The minimum Gasteiger partial charge on any atom is -0.462 e. The Bertz CT molecular complexity index is 1860. The molecule has 0 aromatic carbocycles. The van der Waals surface area contributed by atoms with Gasteiger partial charge < -0.3 is 45.1 Å². The van der Waals surface area contributed by atoms with E-state index in [-0.39, 0.29) is 24.8 Å². The van der Waals surface area contributed by atoms with E-state index in [1.807, 2.05) is 25.2 Å². The molecule has 1 aliphatic heterocycles. The van der Waals surface area contributed by atoms with E-state index in [0.29, 0.717) is 25.7 Å². The molecule has 0 spiro atoms. The van der Waals surface area contributed by atoms with Crippen LogP contribution >= 0.6 is 15.6 Å². The number of phosphoric acid groups is 2. The predicted octanol–water partition coefficient (Wildman–Crippen LogP) is 8.21. The lowest BCUT2D eigenvalue weighted by atomic mass is 10.0. The highest BCUT2D eigenvalue weighted by atomic mass is 31.3. The van der Waals surface area contributed by atoms with Gasteiger partial charge in [-0.3, -0.25) is 23.2 Å². The molecule has 68 heavy (non-hydrogen) atoms. The Balaban J connectivity index is 1.85. The van der Waals surface area contributed by atoms with Gasteiger partial charge in [0.15, 0.2) is 12.3 Å². The van der Waals surface area contributed by atoms with Crippen LogP contribution in [0.25, 0.3) is 0 Å². The molecule has 1 aromatic rings. The average molecular weight is 1000 g/mol. The molecule has 0 bridgehead atoms. The van der Waals surface area contributed by atoms with E-state index >= 15 is 0 Å². The Morgan fingerprint density at radius 1 is 0.779 bits per heavy atom. The summed E-state index contributed by atoms with van der Waals surface area (Å²) in [6.45, 7) is 4.06. The lowest BCUT2D eigenvalue weighted by Crippen LogP contribution is -2.36. The standard InChI is InChI=1S/C47H79N3O16P2/c1-4-38(51)29-25-21-17-13-9-7-5-6-8-10-14-19-23-27-31-43(53)64-39(34-61-42(52)30-26-22-18-15-11-12-16-20-24-28-37(2)3)35-62-67(57,58)66-68(59,60)63-36-40-44(54)45(55)46(65-40)50-33-32-41(48)49-47(50)56/h6-9,14,17,19,21,32-33,37-40,44-46,51,54-55H,4-5,10-13,15-16,18,20,22-31,34-36H2,1-3H3,(H,57,58)(H,59,60)(H2,48,49,56)/b8-6-,9-7-,19-14-,21-17-/t38-,39-,40-,44-,45-,46-/m1/s1. The summed E-state index contributed by atoms with van der Waals surface area (Å²) in [5.41, 5.74) is 4.57. The monoisotopic (exact) mass is 1000 g/mol. The number of ether oxygens (including phenoxy) is 3. The minimum absolute atomic E-state index is 0.0396. The fourth-order valence-electron chi connectivity index (χ4n) is 6.82. The molecule has 2 heterocycles. The van der Waals surface area contributed by atoms with E-state index in [2.05, 4.69) is 53.5 Å². The van der Waals surface area contributed by atoms with Gasteiger partial charge in [-0.2, -0.15) is 9.29 Å². The van der Waals surface area contributed by atoms with Crippen molar-refractivity contribution in [3.63, 3.8) is 0 Å². The van der Waals surface area contributed by atoms with E-state index in [1.54, 1.807) is 0 Å². The van der Waals surface area contributed by atoms with Gasteiger partial charge in [-0.05, 0) is 69.8 Å². The highest BCUT2D eigenvalue weighted by Crippen LogP contribution is 2.60. The van der Waals surface area contributed by atoms with Crippen LogP contribution in [-0.4, -0.2) is 96.9 Å². The van der Waals surface area contributed by atoms with Crippen LogP contribution in [0.5, 0.6) is 0 Å². The number of anilines is 1. The topological polar surface area (TPSA) is 286 Å². The Labute approximate surface area is 402 Å². The highest BCUT2D eigenvalue weighted by molar-refractivity contribution is 7.61. The zero-order valence-electron chi connectivity index (χ0n) is 40.2. The molecule has 1 fully saturated rings. The Morgan fingerprint density at radius 2 is 1.34 bits per heavy atom. The maximum atomic E-state index is 12.8. The second-order valence-corrected chi connectivity index (χ2v) is 20.3. The number of nitrogen functional groups attached to an aromatic ring is 1. The fourth-order valence-corrected chi connectivity index (χ4v) is 8.93. The first kappa shape index (κ1) is 60.8. The van der Waals surface area contributed by atoms with E-state index in [1.165, 1.54) is 38.2 Å². The van der Waals surface area contributed by atoms with Crippen molar-refractivity contribution in [2.45, 2.75) is 186 Å². The number of aliphatic hydroxyl groups is 3. The number of aliphatic hydroxyl groups excluding tert-OH is 3. The first-order valence-corrected chi connectivity index (χ1v) is 27.1. The highest BCUT2D eigenvalue weighted by Gasteiger charge is 2.46. The molecule has 1 aliphatic rings. The summed E-state index contributed by atoms with van der Waals surface area (Å²) in [6.07, 6.45) is 26.0. The van der Waals surface area contributed by atoms with E-state index in [0.717, 1.165) is 74.5 Å². The Hall–Kier alpha value is -3.32. The van der Waals surface area contributed by atoms with Crippen LogP contribution in [-0.2, 0) is 46.3 Å². The summed E-state index contributed by atoms with van der Waals surface area (Å²) in [7, 11) is -10.9. The summed E-state index contributed by atoms with van der Waals surface area (Å²) in [6, 6.07) is 1.24. The predicted molar refractivity (Wildman–Crippen MR) is 258 cm³/mol. The van der Waals surface area contributed by atoms with Crippen LogP contribution in [0, 0.1) is 5.92 Å². The van der Waals surface area contributed by atoms with E-state index < -0.39 is 83.7 Å². The molecule has 8 atom stereocenters. The Kier molecular flexibility index (Phi) is 31.2. The summed E-state index contributed by atoms with van der Waals surface area (Å²) < 4.78 is 56.6. The van der Waals surface area contributed by atoms with Gasteiger partial charge in [-0.25, -0.2) is 13.9 Å². The summed E-state index contributed by atoms with van der Waals surface area (Å²) in [5, 5.41) is 30.5. The molecule has 19 nitrogen and oxygen atoms in total. The quantitative estimate of drug-likeness (QED) is 0.0157. The zero-order valence-corrected chi connectivity index (χ0v) is 42.0. The second-order valence-electron chi connectivity index (χ2n) is 17.2. The van der Waals surface area contributed by atoms with Crippen molar-refractivity contribution in [1.29, 1.82) is 0 Å². The SMILES string of the molecule is CC[C@@H](O)CC/C=C\C/C=C\C/C=C\C/C=C\CCCC(=O)O[C@H](COC(=O)CCCCCCCCCCCC(C)C)COP(=O)(O)OP(=O)(O)OC[C@H]1O[C@@H](n2ccc(N)nc2=O)[C@H](O)[C@@H]1O. The smallest absolute Gasteiger partial charge is 0.462 e.